The summed E-state index contributed by atoms with van der Waals surface area (Å²) in [5.41, 5.74) is 2.59. The number of likely N-dealkylation sites (N-methyl/N-ethyl adjacent to an activating group) is 2. The van der Waals surface area contributed by atoms with Gasteiger partial charge in [-0.3, -0.25) is 4.79 Å². The Hall–Kier alpha value is -3.56. The number of fused-ring (bicyclic) bond motifs is 1. The van der Waals surface area contributed by atoms with Gasteiger partial charge in [-0.15, -0.1) is 0 Å². The van der Waals surface area contributed by atoms with Gasteiger partial charge in [0.1, 0.15) is 10.8 Å². The van der Waals surface area contributed by atoms with Gasteiger partial charge in [0.25, 0.3) is 5.91 Å². The van der Waals surface area contributed by atoms with E-state index in [2.05, 4.69) is 49.5 Å². The fourth-order valence-corrected chi connectivity index (χ4v) is 4.77. The third-order valence-electron chi connectivity index (χ3n) is 6.82. The fraction of sp³-hybridized carbons (Fsp3) is 0.370. The lowest BCUT2D eigenvalue weighted by Gasteiger charge is -2.37. The molecule has 2 N–H and O–H groups in total. The summed E-state index contributed by atoms with van der Waals surface area (Å²) in [6, 6.07) is 13.8. The number of piperazine rings is 1. The summed E-state index contributed by atoms with van der Waals surface area (Å²) in [6.07, 6.45) is 1.56. The smallest absolute Gasteiger partial charge is 0.270 e. The van der Waals surface area contributed by atoms with Crippen LogP contribution in [0.3, 0.4) is 0 Å². The topological polar surface area (TPSA) is 85.9 Å². The van der Waals surface area contributed by atoms with Crippen molar-refractivity contribution in [2.24, 2.45) is 0 Å². The molecule has 37 heavy (non-hydrogen) atoms. The van der Waals surface area contributed by atoms with Crippen LogP contribution in [0.25, 0.3) is 0 Å². The molecule has 1 saturated heterocycles. The number of nitrogens with zero attached hydrogens (tertiary/aromatic N) is 5. The van der Waals surface area contributed by atoms with Crippen LogP contribution in [0.1, 0.15) is 20.8 Å². The summed E-state index contributed by atoms with van der Waals surface area (Å²) in [6.45, 7) is 11.1. The zero-order valence-electron chi connectivity index (χ0n) is 21.6. The second-order valence-electron chi connectivity index (χ2n) is 9.77. The van der Waals surface area contributed by atoms with E-state index in [0.717, 1.165) is 44.1 Å². The maximum Gasteiger partial charge on any atom is 0.270 e. The van der Waals surface area contributed by atoms with Crippen LogP contribution in [0.15, 0.2) is 48.7 Å². The molecule has 0 atom stereocenters. The number of halogens is 1. The second-order valence-corrected chi connectivity index (χ2v) is 10.2. The van der Waals surface area contributed by atoms with E-state index in [9.17, 15) is 4.79 Å². The zero-order chi connectivity index (χ0) is 26.2. The second kappa shape index (κ2) is 10.1. The molecule has 1 aromatic heterocycles. The minimum atomic E-state index is -0.907. The Morgan fingerprint density at radius 2 is 1.73 bits per heavy atom. The third kappa shape index (κ3) is 5.28. The molecule has 2 aliphatic rings. The predicted molar refractivity (Wildman–Crippen MR) is 149 cm³/mol. The molecular weight excluding hydrogens is 490 g/mol. The number of ether oxygens (including phenoxy) is 1. The minimum absolute atomic E-state index is 0.113. The highest BCUT2D eigenvalue weighted by atomic mass is 35.5. The van der Waals surface area contributed by atoms with Crippen molar-refractivity contribution in [3.05, 3.63) is 53.7 Å². The van der Waals surface area contributed by atoms with Gasteiger partial charge in [0, 0.05) is 50.3 Å². The van der Waals surface area contributed by atoms with E-state index in [-0.39, 0.29) is 5.91 Å². The van der Waals surface area contributed by atoms with Gasteiger partial charge in [0.05, 0.1) is 11.9 Å². The zero-order valence-corrected chi connectivity index (χ0v) is 22.3. The monoisotopic (exact) mass is 521 g/mol. The van der Waals surface area contributed by atoms with Crippen LogP contribution < -0.4 is 25.2 Å². The standard InChI is InChI=1S/C27H32ClN7O2/c1-5-34-12-14-35(15-13-34)20-9-6-18(7-10-20)31-26-29-17-21(28)24(32-26)30-19-8-11-23-22(16-19)33(4)25(36)27(2,3)37-23/h6-11,16-17H,5,12-15H2,1-4H3,(H2,29,30,31,32). The number of amides is 1. The third-order valence-corrected chi connectivity index (χ3v) is 7.10. The van der Waals surface area contributed by atoms with Crippen LogP contribution in [-0.4, -0.2) is 66.1 Å². The van der Waals surface area contributed by atoms with Crippen molar-refractivity contribution in [3.63, 3.8) is 0 Å². The minimum Gasteiger partial charge on any atom is -0.476 e. The molecule has 194 valence electrons. The molecule has 1 amide bonds. The highest BCUT2D eigenvalue weighted by Gasteiger charge is 2.39. The normalized spacial score (nSPS) is 17.3. The molecule has 10 heteroatoms. The quantitative estimate of drug-likeness (QED) is 0.474. The van der Waals surface area contributed by atoms with Gasteiger partial charge in [0.15, 0.2) is 11.4 Å². The van der Waals surface area contributed by atoms with E-state index in [1.54, 1.807) is 32.0 Å². The molecule has 0 aliphatic carbocycles. The van der Waals surface area contributed by atoms with Gasteiger partial charge in [-0.05, 0) is 62.9 Å². The number of nitrogens with one attached hydrogen (secondary N) is 2. The van der Waals surface area contributed by atoms with Crippen LogP contribution in [0.4, 0.5) is 34.5 Å². The number of hydrogen-bond donors (Lipinski definition) is 2. The molecule has 0 spiro atoms. The van der Waals surface area contributed by atoms with Crippen molar-refractivity contribution in [1.29, 1.82) is 0 Å². The first kappa shape index (κ1) is 25.1. The number of carbonyl (C=O) groups is 1. The highest BCUT2D eigenvalue weighted by Crippen LogP contribution is 2.39. The molecule has 2 aromatic carbocycles. The number of rotatable bonds is 6. The van der Waals surface area contributed by atoms with Gasteiger partial charge in [-0.1, -0.05) is 18.5 Å². The van der Waals surface area contributed by atoms with Gasteiger partial charge in [0.2, 0.25) is 5.95 Å². The van der Waals surface area contributed by atoms with E-state index in [1.807, 2.05) is 30.3 Å². The number of hydrogen-bond acceptors (Lipinski definition) is 8. The van der Waals surface area contributed by atoms with Crippen LogP contribution in [-0.2, 0) is 4.79 Å². The van der Waals surface area contributed by atoms with Crippen molar-refractivity contribution in [2.45, 2.75) is 26.4 Å². The summed E-state index contributed by atoms with van der Waals surface area (Å²) in [7, 11) is 1.74. The first-order chi connectivity index (χ1) is 17.7. The molecule has 1 fully saturated rings. The lowest BCUT2D eigenvalue weighted by molar-refractivity contribution is -0.132. The Bertz CT molecular complexity index is 1290. The maximum absolute atomic E-state index is 12.6. The fourth-order valence-electron chi connectivity index (χ4n) is 4.63. The van der Waals surface area contributed by atoms with E-state index in [4.69, 9.17) is 16.3 Å². The van der Waals surface area contributed by atoms with Crippen molar-refractivity contribution < 1.29 is 9.53 Å². The van der Waals surface area contributed by atoms with E-state index in [1.165, 1.54) is 5.69 Å². The number of aromatic nitrogens is 2. The summed E-state index contributed by atoms with van der Waals surface area (Å²) in [5.74, 6) is 1.41. The van der Waals surface area contributed by atoms with Crippen molar-refractivity contribution >= 4 is 52.0 Å². The van der Waals surface area contributed by atoms with Gasteiger partial charge >= 0.3 is 0 Å². The Balaban J connectivity index is 1.28. The molecule has 0 unspecified atom stereocenters. The predicted octanol–water partition coefficient (Wildman–Crippen LogP) is 4.89. The molecular formula is C27H32ClN7O2. The largest absolute Gasteiger partial charge is 0.476 e. The molecule has 5 rings (SSSR count). The SMILES string of the molecule is CCN1CCN(c2ccc(Nc3ncc(Cl)c(Nc4ccc5c(c4)N(C)C(=O)C(C)(C)O5)n3)cc2)CC1. The van der Waals surface area contributed by atoms with Crippen molar-refractivity contribution in [1.82, 2.24) is 14.9 Å². The molecule has 3 aromatic rings. The van der Waals surface area contributed by atoms with Crippen molar-refractivity contribution in [3.8, 4) is 5.75 Å². The number of anilines is 6. The number of carbonyl (C=O) groups excluding carboxylic acids is 1. The first-order valence-corrected chi connectivity index (χ1v) is 12.9. The molecule has 0 radical (unpaired) electrons. The molecule has 9 nitrogen and oxygen atoms in total. The van der Waals surface area contributed by atoms with Gasteiger partial charge in [-0.2, -0.15) is 4.98 Å². The summed E-state index contributed by atoms with van der Waals surface area (Å²) in [5, 5.41) is 6.87. The van der Waals surface area contributed by atoms with Crippen LogP contribution >= 0.6 is 11.6 Å². The Morgan fingerprint density at radius 1 is 1.03 bits per heavy atom. The lowest BCUT2D eigenvalue weighted by Crippen LogP contribution is -2.50. The summed E-state index contributed by atoms with van der Waals surface area (Å²) >= 11 is 6.40. The van der Waals surface area contributed by atoms with E-state index in [0.29, 0.717) is 28.2 Å². The van der Waals surface area contributed by atoms with Crippen LogP contribution in [0.5, 0.6) is 5.75 Å². The van der Waals surface area contributed by atoms with Gasteiger partial charge < -0.3 is 30.1 Å². The summed E-state index contributed by atoms with van der Waals surface area (Å²) in [4.78, 5) is 28.0. The van der Waals surface area contributed by atoms with E-state index >= 15 is 0 Å². The van der Waals surface area contributed by atoms with Crippen molar-refractivity contribution in [2.75, 3.05) is 60.2 Å². The molecule has 0 saturated carbocycles. The van der Waals surface area contributed by atoms with Crippen LogP contribution in [0.2, 0.25) is 5.02 Å². The number of benzene rings is 2. The van der Waals surface area contributed by atoms with E-state index < -0.39 is 5.60 Å². The van der Waals surface area contributed by atoms with Crippen LogP contribution in [0, 0.1) is 0 Å². The average Bonchev–Trinajstić information content (AvgIpc) is 2.90. The Labute approximate surface area is 222 Å². The molecule has 2 aliphatic heterocycles. The molecule has 3 heterocycles. The molecule has 0 bridgehead atoms. The lowest BCUT2D eigenvalue weighted by atomic mass is 10.0. The maximum atomic E-state index is 12.6. The Kier molecular flexibility index (Phi) is 6.83. The van der Waals surface area contributed by atoms with Gasteiger partial charge in [-0.25, -0.2) is 4.98 Å². The Morgan fingerprint density at radius 3 is 2.43 bits per heavy atom. The highest BCUT2D eigenvalue weighted by molar-refractivity contribution is 6.32. The summed E-state index contributed by atoms with van der Waals surface area (Å²) < 4.78 is 5.89. The average molecular weight is 522 g/mol. The first-order valence-electron chi connectivity index (χ1n) is 12.5.